The van der Waals surface area contributed by atoms with E-state index < -0.39 is 0 Å². The number of hydrogen-bond donors (Lipinski definition) is 1. The van der Waals surface area contributed by atoms with E-state index in [1.807, 2.05) is 0 Å². The number of nitrogens with one attached hydrogen (secondary N) is 1. The van der Waals surface area contributed by atoms with Gasteiger partial charge >= 0.3 is 0 Å². The molecule has 1 nitrogen and oxygen atoms in total. The molecule has 0 saturated heterocycles. The monoisotopic (exact) mass is 141 g/mol. The van der Waals surface area contributed by atoms with Crippen molar-refractivity contribution in [3.63, 3.8) is 0 Å². The van der Waals surface area contributed by atoms with Crippen LogP contribution in [0.3, 0.4) is 0 Å². The van der Waals surface area contributed by atoms with Crippen LogP contribution in [0.15, 0.2) is 0 Å². The lowest BCUT2D eigenvalue weighted by Gasteiger charge is -2.03. The average Bonchev–Trinajstić information content (AvgIpc) is 2.33. The minimum atomic E-state index is 0.545. The molecule has 0 spiro atoms. The van der Waals surface area contributed by atoms with Crippen molar-refractivity contribution in [1.29, 1.82) is 0 Å². The minimum Gasteiger partial charge on any atom is -0.316 e. The molecule has 0 bridgehead atoms. The van der Waals surface area contributed by atoms with Gasteiger partial charge in [-0.3, -0.25) is 0 Å². The van der Waals surface area contributed by atoms with E-state index in [4.69, 9.17) is 0 Å². The van der Waals surface area contributed by atoms with Gasteiger partial charge in [0.1, 0.15) is 0 Å². The van der Waals surface area contributed by atoms with E-state index in [1.165, 1.54) is 0 Å². The molecule has 0 aromatic carbocycles. The zero-order chi connectivity index (χ0) is 7.94. The predicted octanol–water partition coefficient (Wildman–Crippen LogP) is 1.89. The normalized spacial score (nSPS) is 36.6. The second kappa shape index (κ2) is 2.23. The molecule has 1 N–H and O–H groups in total. The zero-order valence-electron chi connectivity index (χ0n) is 7.73. The van der Waals surface area contributed by atoms with Crippen molar-refractivity contribution in [2.75, 3.05) is 7.05 Å². The summed E-state index contributed by atoms with van der Waals surface area (Å²) in [6.45, 7) is 9.31. The quantitative estimate of drug-likeness (QED) is 0.619. The summed E-state index contributed by atoms with van der Waals surface area (Å²) in [6.07, 6.45) is 0. The van der Waals surface area contributed by atoms with E-state index in [0.717, 1.165) is 17.9 Å². The highest BCUT2D eigenvalue weighted by Gasteiger charge is 2.57. The van der Waals surface area contributed by atoms with E-state index in [1.54, 1.807) is 0 Å². The molecule has 1 saturated carbocycles. The Hall–Kier alpha value is -0.0400. The molecule has 1 rings (SSSR count). The molecule has 1 fully saturated rings. The van der Waals surface area contributed by atoms with Crippen LogP contribution in [0.4, 0.5) is 0 Å². The topological polar surface area (TPSA) is 12.0 Å². The third-order valence-electron chi connectivity index (χ3n) is 2.94. The molecule has 0 amide bonds. The summed E-state index contributed by atoms with van der Waals surface area (Å²) in [7, 11) is 2.06. The van der Waals surface area contributed by atoms with Crippen molar-refractivity contribution < 1.29 is 0 Å². The third kappa shape index (κ3) is 0.968. The van der Waals surface area contributed by atoms with Gasteiger partial charge in [0.15, 0.2) is 0 Å². The van der Waals surface area contributed by atoms with Crippen molar-refractivity contribution in [3.8, 4) is 0 Å². The third-order valence-corrected chi connectivity index (χ3v) is 2.94. The maximum absolute atomic E-state index is 3.36. The highest BCUT2D eigenvalue weighted by atomic mass is 15.0. The van der Waals surface area contributed by atoms with Gasteiger partial charge in [-0.25, -0.2) is 0 Å². The Balaban J connectivity index is 2.53. The first kappa shape index (κ1) is 8.06. The number of rotatable bonds is 2. The summed E-state index contributed by atoms with van der Waals surface area (Å²) in [5.74, 6) is 1.71. The molecule has 0 radical (unpaired) electrons. The Morgan fingerprint density at radius 1 is 1.30 bits per heavy atom. The molecule has 2 unspecified atom stereocenters. The van der Waals surface area contributed by atoms with Crippen LogP contribution in [0, 0.1) is 17.3 Å². The summed E-state index contributed by atoms with van der Waals surface area (Å²) in [5, 5.41) is 3.36. The smallest absolute Gasteiger partial charge is 0.0155 e. The maximum atomic E-state index is 3.36. The summed E-state index contributed by atoms with van der Waals surface area (Å²) in [5.41, 5.74) is 0.545. The van der Waals surface area contributed by atoms with Gasteiger partial charge in [0.25, 0.3) is 0 Å². The van der Waals surface area contributed by atoms with Crippen LogP contribution in [0.1, 0.15) is 27.7 Å². The molecule has 0 aromatic heterocycles. The average molecular weight is 141 g/mol. The molecule has 10 heavy (non-hydrogen) atoms. The fraction of sp³-hybridized carbons (Fsp3) is 1.00. The SMILES string of the molecule is CNC1C(C(C)C)C1(C)C. The molecular weight excluding hydrogens is 122 g/mol. The first-order valence-electron chi connectivity index (χ1n) is 4.19. The van der Waals surface area contributed by atoms with Gasteiger partial charge in [-0.15, -0.1) is 0 Å². The van der Waals surface area contributed by atoms with Gasteiger partial charge in [0.2, 0.25) is 0 Å². The highest BCUT2D eigenvalue weighted by Crippen LogP contribution is 2.55. The molecule has 60 valence electrons. The minimum absolute atomic E-state index is 0.545. The summed E-state index contributed by atoms with van der Waals surface area (Å²) in [6, 6.07) is 0.757. The predicted molar refractivity (Wildman–Crippen MR) is 45.0 cm³/mol. The second-order valence-electron chi connectivity index (χ2n) is 4.36. The molecule has 0 aliphatic heterocycles. The Morgan fingerprint density at radius 3 is 1.90 bits per heavy atom. The van der Waals surface area contributed by atoms with Crippen LogP contribution in [-0.4, -0.2) is 13.1 Å². The fourth-order valence-electron chi connectivity index (χ4n) is 2.47. The van der Waals surface area contributed by atoms with Crippen molar-refractivity contribution in [3.05, 3.63) is 0 Å². The van der Waals surface area contributed by atoms with Crippen molar-refractivity contribution in [2.24, 2.45) is 17.3 Å². The van der Waals surface area contributed by atoms with Crippen LogP contribution >= 0.6 is 0 Å². The van der Waals surface area contributed by atoms with Gasteiger partial charge in [-0.05, 0) is 24.3 Å². The maximum Gasteiger partial charge on any atom is 0.0155 e. The molecule has 1 heteroatoms. The Bertz CT molecular complexity index is 127. The molecule has 1 aliphatic carbocycles. The molecule has 0 aromatic rings. The van der Waals surface area contributed by atoms with Crippen LogP contribution in [0.2, 0.25) is 0 Å². The van der Waals surface area contributed by atoms with Crippen LogP contribution in [0.25, 0.3) is 0 Å². The zero-order valence-corrected chi connectivity index (χ0v) is 7.73. The lowest BCUT2D eigenvalue weighted by Crippen LogP contribution is -2.15. The first-order valence-corrected chi connectivity index (χ1v) is 4.19. The largest absolute Gasteiger partial charge is 0.316 e. The highest BCUT2D eigenvalue weighted by molar-refractivity contribution is 5.10. The molecule has 1 aliphatic rings. The van der Waals surface area contributed by atoms with Crippen LogP contribution in [0.5, 0.6) is 0 Å². The summed E-state index contributed by atoms with van der Waals surface area (Å²) < 4.78 is 0. The number of hydrogen-bond acceptors (Lipinski definition) is 1. The van der Waals surface area contributed by atoms with E-state index >= 15 is 0 Å². The lowest BCUT2D eigenvalue weighted by atomic mass is 10.0. The van der Waals surface area contributed by atoms with Crippen molar-refractivity contribution in [1.82, 2.24) is 5.32 Å². The first-order chi connectivity index (χ1) is 4.51. The molecule has 2 atom stereocenters. The summed E-state index contributed by atoms with van der Waals surface area (Å²) >= 11 is 0. The lowest BCUT2D eigenvalue weighted by molar-refractivity contribution is 0.451. The Labute approximate surface area is 64.2 Å². The van der Waals surface area contributed by atoms with Gasteiger partial charge in [-0.2, -0.15) is 0 Å². The van der Waals surface area contributed by atoms with E-state index in [9.17, 15) is 0 Å². The van der Waals surface area contributed by atoms with Gasteiger partial charge in [0.05, 0.1) is 0 Å². The molecule has 0 heterocycles. The van der Waals surface area contributed by atoms with Crippen LogP contribution in [-0.2, 0) is 0 Å². The Kier molecular flexibility index (Phi) is 1.80. The van der Waals surface area contributed by atoms with Crippen molar-refractivity contribution >= 4 is 0 Å². The van der Waals surface area contributed by atoms with Gasteiger partial charge in [0, 0.05) is 6.04 Å². The van der Waals surface area contributed by atoms with Gasteiger partial charge < -0.3 is 5.32 Å². The van der Waals surface area contributed by atoms with Crippen molar-refractivity contribution in [2.45, 2.75) is 33.7 Å². The second-order valence-corrected chi connectivity index (χ2v) is 4.36. The Morgan fingerprint density at radius 2 is 1.80 bits per heavy atom. The van der Waals surface area contributed by atoms with Crippen LogP contribution < -0.4 is 5.32 Å². The fourth-order valence-corrected chi connectivity index (χ4v) is 2.47. The summed E-state index contributed by atoms with van der Waals surface area (Å²) in [4.78, 5) is 0. The van der Waals surface area contributed by atoms with E-state index in [2.05, 4.69) is 40.1 Å². The van der Waals surface area contributed by atoms with Gasteiger partial charge in [-0.1, -0.05) is 27.7 Å². The van der Waals surface area contributed by atoms with E-state index in [0.29, 0.717) is 5.41 Å². The van der Waals surface area contributed by atoms with E-state index in [-0.39, 0.29) is 0 Å². The standard InChI is InChI=1S/C9H19N/c1-6(2)7-8(10-5)9(7,3)4/h6-8,10H,1-5H3. The molecular formula is C9H19N.